The van der Waals surface area contributed by atoms with Gasteiger partial charge in [-0.05, 0) is 38.1 Å². The van der Waals surface area contributed by atoms with Crippen LogP contribution in [0.3, 0.4) is 0 Å². The molecule has 0 spiro atoms. The number of halogens is 1. The van der Waals surface area contributed by atoms with Gasteiger partial charge in [-0.25, -0.2) is 0 Å². The lowest BCUT2D eigenvalue weighted by atomic mass is 10.1. The topological polar surface area (TPSA) is 34.0 Å². The van der Waals surface area contributed by atoms with E-state index in [0.29, 0.717) is 5.02 Å². The summed E-state index contributed by atoms with van der Waals surface area (Å²) >= 11 is 5.90. The molecule has 0 radical (unpaired) electrons. The smallest absolute Gasteiger partial charge is 0.183 e. The molecule has 0 atom stereocenters. The highest BCUT2D eigenvalue weighted by Crippen LogP contribution is 2.16. The Morgan fingerprint density at radius 3 is 2.63 bits per heavy atom. The molecule has 0 bridgehead atoms. The van der Waals surface area contributed by atoms with Gasteiger partial charge in [-0.15, -0.1) is 0 Å². The maximum Gasteiger partial charge on any atom is 0.183 e. The minimum atomic E-state index is 0.0844. The molecular formula is C15H17ClN2O. The van der Waals surface area contributed by atoms with Gasteiger partial charge in [-0.2, -0.15) is 0 Å². The first-order chi connectivity index (χ1) is 8.99. The van der Waals surface area contributed by atoms with Crippen molar-refractivity contribution < 1.29 is 4.79 Å². The number of benzene rings is 1. The molecule has 1 aromatic carbocycles. The quantitative estimate of drug-likeness (QED) is 0.866. The fourth-order valence-corrected chi connectivity index (χ4v) is 2.20. The molecule has 0 aliphatic carbocycles. The summed E-state index contributed by atoms with van der Waals surface area (Å²) in [6.07, 6.45) is 0. The van der Waals surface area contributed by atoms with Crippen molar-refractivity contribution in [1.29, 1.82) is 0 Å². The molecule has 0 unspecified atom stereocenters. The van der Waals surface area contributed by atoms with Crippen LogP contribution >= 0.6 is 11.6 Å². The van der Waals surface area contributed by atoms with Gasteiger partial charge in [0.15, 0.2) is 5.78 Å². The van der Waals surface area contributed by atoms with Crippen molar-refractivity contribution in [1.82, 2.24) is 4.57 Å². The number of aryl methyl sites for hydroxylation is 1. The van der Waals surface area contributed by atoms with Gasteiger partial charge in [-0.3, -0.25) is 4.79 Å². The van der Waals surface area contributed by atoms with Crippen LogP contribution in [-0.2, 0) is 7.05 Å². The lowest BCUT2D eigenvalue weighted by Crippen LogP contribution is -2.14. The zero-order valence-electron chi connectivity index (χ0n) is 11.3. The molecule has 2 aromatic rings. The lowest BCUT2D eigenvalue weighted by molar-refractivity contribution is 0.101. The number of carbonyl (C=O) groups excluding carboxylic acids is 1. The number of hydrogen-bond acceptors (Lipinski definition) is 2. The molecule has 0 saturated carbocycles. The fraction of sp³-hybridized carbons (Fsp3) is 0.267. The molecule has 1 N–H and O–H groups in total. The monoisotopic (exact) mass is 276 g/mol. The molecule has 100 valence electrons. The summed E-state index contributed by atoms with van der Waals surface area (Å²) in [6.45, 7) is 4.22. The number of rotatable bonds is 4. The Labute approximate surface area is 118 Å². The van der Waals surface area contributed by atoms with Crippen molar-refractivity contribution >= 4 is 23.1 Å². The highest BCUT2D eigenvalue weighted by atomic mass is 35.5. The summed E-state index contributed by atoms with van der Waals surface area (Å²) in [5.41, 5.74) is 3.71. The maximum absolute atomic E-state index is 12.2. The van der Waals surface area contributed by atoms with Gasteiger partial charge < -0.3 is 9.88 Å². The van der Waals surface area contributed by atoms with Crippen molar-refractivity contribution in [3.8, 4) is 0 Å². The van der Waals surface area contributed by atoms with E-state index in [0.717, 1.165) is 22.6 Å². The molecule has 0 aliphatic heterocycles. The zero-order valence-corrected chi connectivity index (χ0v) is 12.1. The molecule has 1 aromatic heterocycles. The maximum atomic E-state index is 12.2. The molecule has 0 saturated heterocycles. The first-order valence-electron chi connectivity index (χ1n) is 6.14. The number of nitrogens with one attached hydrogen (secondary N) is 1. The summed E-state index contributed by atoms with van der Waals surface area (Å²) in [5, 5.41) is 3.75. The van der Waals surface area contributed by atoms with Gasteiger partial charge in [0.1, 0.15) is 0 Å². The minimum absolute atomic E-state index is 0.0844. The third-order valence-electron chi connectivity index (χ3n) is 3.35. The van der Waals surface area contributed by atoms with Gasteiger partial charge in [0.25, 0.3) is 0 Å². The van der Waals surface area contributed by atoms with Crippen LogP contribution in [0.5, 0.6) is 0 Å². The normalized spacial score (nSPS) is 10.5. The number of nitrogens with zero attached hydrogens (tertiary/aromatic N) is 1. The van der Waals surface area contributed by atoms with E-state index in [-0.39, 0.29) is 12.3 Å². The van der Waals surface area contributed by atoms with Crippen LogP contribution in [0.2, 0.25) is 5.02 Å². The van der Waals surface area contributed by atoms with Gasteiger partial charge >= 0.3 is 0 Å². The molecule has 0 aliphatic rings. The number of Topliss-reactive ketones (excluding diaryl/α,β-unsaturated/α-hetero) is 1. The van der Waals surface area contributed by atoms with Gasteiger partial charge in [0.05, 0.1) is 6.54 Å². The lowest BCUT2D eigenvalue weighted by Gasteiger charge is -2.06. The van der Waals surface area contributed by atoms with E-state index in [2.05, 4.69) is 5.32 Å². The predicted molar refractivity (Wildman–Crippen MR) is 79.2 cm³/mol. The average Bonchev–Trinajstić information content (AvgIpc) is 2.64. The Morgan fingerprint density at radius 2 is 2.05 bits per heavy atom. The van der Waals surface area contributed by atoms with Gasteiger partial charge in [0, 0.05) is 34.7 Å². The third-order valence-corrected chi connectivity index (χ3v) is 3.59. The highest BCUT2D eigenvalue weighted by molar-refractivity contribution is 6.30. The molecule has 1 heterocycles. The molecule has 2 rings (SSSR count). The van der Waals surface area contributed by atoms with E-state index in [1.165, 1.54) is 0 Å². The Balaban J connectivity index is 2.07. The van der Waals surface area contributed by atoms with E-state index in [1.54, 1.807) is 12.1 Å². The largest absolute Gasteiger partial charge is 0.378 e. The van der Waals surface area contributed by atoms with Crippen LogP contribution in [0.15, 0.2) is 30.3 Å². The van der Waals surface area contributed by atoms with Gasteiger partial charge in [0.2, 0.25) is 0 Å². The molecular weight excluding hydrogens is 260 g/mol. The first kappa shape index (κ1) is 13.7. The average molecular weight is 277 g/mol. The second-order valence-electron chi connectivity index (χ2n) is 4.63. The zero-order chi connectivity index (χ0) is 14.0. The summed E-state index contributed by atoms with van der Waals surface area (Å²) in [5.74, 6) is 0.0844. The van der Waals surface area contributed by atoms with E-state index in [9.17, 15) is 4.79 Å². The van der Waals surface area contributed by atoms with Crippen molar-refractivity contribution in [3.63, 3.8) is 0 Å². The first-order valence-corrected chi connectivity index (χ1v) is 6.52. The van der Waals surface area contributed by atoms with Crippen LogP contribution in [0.4, 0.5) is 5.69 Å². The van der Waals surface area contributed by atoms with Crippen LogP contribution in [0, 0.1) is 13.8 Å². The molecule has 0 amide bonds. The summed E-state index contributed by atoms with van der Waals surface area (Å²) in [4.78, 5) is 12.2. The van der Waals surface area contributed by atoms with Crippen molar-refractivity contribution in [2.75, 3.05) is 11.9 Å². The standard InChI is InChI=1S/C15H17ClN2O/c1-10-7-14(11(2)18(10)3)15(19)9-17-13-6-4-5-12(16)8-13/h4-8,17H,9H2,1-3H3. The molecule has 0 fully saturated rings. The predicted octanol–water partition coefficient (Wildman–Crippen LogP) is 3.59. The van der Waals surface area contributed by atoms with Crippen molar-refractivity contribution in [3.05, 3.63) is 52.3 Å². The molecule has 4 heteroatoms. The van der Waals surface area contributed by atoms with Crippen LogP contribution in [-0.4, -0.2) is 16.9 Å². The molecule has 3 nitrogen and oxygen atoms in total. The van der Waals surface area contributed by atoms with E-state index in [4.69, 9.17) is 11.6 Å². The van der Waals surface area contributed by atoms with Gasteiger partial charge in [-0.1, -0.05) is 17.7 Å². The SMILES string of the molecule is Cc1cc(C(=O)CNc2cccc(Cl)c2)c(C)n1C. The van der Waals surface area contributed by atoms with Crippen LogP contribution < -0.4 is 5.32 Å². The summed E-state index contributed by atoms with van der Waals surface area (Å²) < 4.78 is 2.02. The van der Waals surface area contributed by atoms with Crippen LogP contribution in [0.25, 0.3) is 0 Å². The number of carbonyl (C=O) groups is 1. The number of anilines is 1. The third kappa shape index (κ3) is 2.99. The Morgan fingerprint density at radius 1 is 1.32 bits per heavy atom. The Bertz CT molecular complexity index is 617. The van der Waals surface area contributed by atoms with Crippen molar-refractivity contribution in [2.45, 2.75) is 13.8 Å². The van der Waals surface area contributed by atoms with E-state index < -0.39 is 0 Å². The Kier molecular flexibility index (Phi) is 3.96. The second-order valence-corrected chi connectivity index (χ2v) is 5.07. The van der Waals surface area contributed by atoms with Crippen molar-refractivity contribution in [2.24, 2.45) is 7.05 Å². The summed E-state index contributed by atoms with van der Waals surface area (Å²) in [7, 11) is 1.96. The number of hydrogen-bond donors (Lipinski definition) is 1. The second kappa shape index (κ2) is 5.49. The fourth-order valence-electron chi connectivity index (χ4n) is 2.01. The highest BCUT2D eigenvalue weighted by Gasteiger charge is 2.13. The summed E-state index contributed by atoms with van der Waals surface area (Å²) in [6, 6.07) is 9.28. The number of aromatic nitrogens is 1. The minimum Gasteiger partial charge on any atom is -0.378 e. The number of ketones is 1. The molecule has 19 heavy (non-hydrogen) atoms. The van der Waals surface area contributed by atoms with E-state index >= 15 is 0 Å². The van der Waals surface area contributed by atoms with E-state index in [1.807, 2.05) is 43.7 Å². The van der Waals surface area contributed by atoms with Crippen LogP contribution in [0.1, 0.15) is 21.7 Å². The Hall–Kier alpha value is -1.74.